The highest BCUT2D eigenvalue weighted by Crippen LogP contribution is 2.40. The van der Waals surface area contributed by atoms with Gasteiger partial charge >= 0.3 is 6.18 Å². The predicted octanol–water partition coefficient (Wildman–Crippen LogP) is 3.93. The van der Waals surface area contributed by atoms with Crippen molar-refractivity contribution in [3.63, 3.8) is 0 Å². The standard InChI is InChI=1S/C13H13BrF3NOS/c1-11(8-4-3-5-9(14)6-8)7-19-12(2,10(20)18-11)13(15,16)17/h3-6H,7H2,1-2H3,(H,18,20). The Hall–Kier alpha value is -0.660. The van der Waals surface area contributed by atoms with E-state index in [1.54, 1.807) is 6.92 Å². The maximum Gasteiger partial charge on any atom is 0.423 e. The van der Waals surface area contributed by atoms with Crippen molar-refractivity contribution in [3.8, 4) is 0 Å². The fourth-order valence-electron chi connectivity index (χ4n) is 1.96. The first kappa shape index (κ1) is 15.7. The summed E-state index contributed by atoms with van der Waals surface area (Å²) < 4.78 is 45.1. The second-order valence-corrected chi connectivity index (χ2v) is 6.44. The van der Waals surface area contributed by atoms with E-state index >= 15 is 0 Å². The monoisotopic (exact) mass is 367 g/mol. The Bertz CT molecular complexity index is 551. The Balaban J connectivity index is 2.31. The molecule has 110 valence electrons. The van der Waals surface area contributed by atoms with E-state index in [0.717, 1.165) is 17.0 Å². The molecule has 0 aliphatic carbocycles. The van der Waals surface area contributed by atoms with E-state index in [1.807, 2.05) is 24.3 Å². The van der Waals surface area contributed by atoms with Gasteiger partial charge in [-0.15, -0.1) is 0 Å². The number of morpholine rings is 1. The van der Waals surface area contributed by atoms with Crippen LogP contribution in [0.3, 0.4) is 0 Å². The minimum atomic E-state index is -4.55. The summed E-state index contributed by atoms with van der Waals surface area (Å²) in [5.41, 5.74) is -2.42. The van der Waals surface area contributed by atoms with E-state index in [1.165, 1.54) is 0 Å². The normalized spacial score (nSPS) is 31.0. The number of hydrogen-bond donors (Lipinski definition) is 1. The molecule has 1 heterocycles. The molecule has 0 saturated carbocycles. The summed E-state index contributed by atoms with van der Waals surface area (Å²) >= 11 is 8.24. The van der Waals surface area contributed by atoms with Gasteiger partial charge in [0.2, 0.25) is 5.60 Å². The van der Waals surface area contributed by atoms with Gasteiger partial charge in [0.25, 0.3) is 0 Å². The molecule has 2 rings (SSSR count). The van der Waals surface area contributed by atoms with Crippen molar-refractivity contribution < 1.29 is 17.9 Å². The van der Waals surface area contributed by atoms with E-state index in [-0.39, 0.29) is 11.6 Å². The van der Waals surface area contributed by atoms with E-state index in [4.69, 9.17) is 17.0 Å². The van der Waals surface area contributed by atoms with Crippen LogP contribution in [0.2, 0.25) is 0 Å². The molecule has 1 N–H and O–H groups in total. The Morgan fingerprint density at radius 2 is 2.00 bits per heavy atom. The quantitative estimate of drug-likeness (QED) is 0.759. The second-order valence-electron chi connectivity index (χ2n) is 5.12. The van der Waals surface area contributed by atoms with Gasteiger partial charge in [0.15, 0.2) is 0 Å². The highest BCUT2D eigenvalue weighted by atomic mass is 79.9. The smallest absolute Gasteiger partial charge is 0.365 e. The van der Waals surface area contributed by atoms with Crippen molar-refractivity contribution in [2.45, 2.75) is 31.2 Å². The molecular formula is C13H13BrF3NOS. The molecule has 1 aromatic carbocycles. The third kappa shape index (κ3) is 2.58. The average molecular weight is 368 g/mol. The van der Waals surface area contributed by atoms with Gasteiger partial charge in [-0.2, -0.15) is 13.2 Å². The van der Waals surface area contributed by atoms with Crippen LogP contribution < -0.4 is 5.32 Å². The van der Waals surface area contributed by atoms with Crippen molar-refractivity contribution in [2.24, 2.45) is 0 Å². The lowest BCUT2D eigenvalue weighted by Crippen LogP contribution is -2.66. The van der Waals surface area contributed by atoms with Crippen molar-refractivity contribution in [2.75, 3.05) is 6.61 Å². The first-order valence-corrected chi connectivity index (χ1v) is 7.08. The molecule has 7 heteroatoms. The molecule has 1 aliphatic heterocycles. The summed E-state index contributed by atoms with van der Waals surface area (Å²) in [5, 5.41) is 2.80. The number of rotatable bonds is 1. The number of hydrogen-bond acceptors (Lipinski definition) is 2. The van der Waals surface area contributed by atoms with Crippen LogP contribution in [0.5, 0.6) is 0 Å². The third-order valence-corrected chi connectivity index (χ3v) is 4.46. The Morgan fingerprint density at radius 3 is 2.50 bits per heavy atom. The summed E-state index contributed by atoms with van der Waals surface area (Å²) in [5.74, 6) is 0. The van der Waals surface area contributed by atoms with Gasteiger partial charge in [-0.05, 0) is 31.5 Å². The minimum Gasteiger partial charge on any atom is -0.365 e. The molecule has 1 aromatic rings. The molecule has 1 aliphatic rings. The molecule has 1 fully saturated rings. The molecule has 20 heavy (non-hydrogen) atoms. The van der Waals surface area contributed by atoms with Crippen molar-refractivity contribution >= 4 is 33.1 Å². The molecule has 0 amide bonds. The molecule has 2 atom stereocenters. The maximum atomic E-state index is 13.0. The summed E-state index contributed by atoms with van der Waals surface area (Å²) in [6.45, 7) is 2.58. The van der Waals surface area contributed by atoms with Crippen molar-refractivity contribution in [3.05, 3.63) is 34.3 Å². The van der Waals surface area contributed by atoms with Gasteiger partial charge in [-0.1, -0.05) is 40.3 Å². The van der Waals surface area contributed by atoms with Crippen LogP contribution in [-0.2, 0) is 10.3 Å². The lowest BCUT2D eigenvalue weighted by Gasteiger charge is -2.45. The van der Waals surface area contributed by atoms with E-state index in [2.05, 4.69) is 21.2 Å². The lowest BCUT2D eigenvalue weighted by atomic mass is 9.89. The number of nitrogens with one attached hydrogen (secondary N) is 1. The topological polar surface area (TPSA) is 21.3 Å². The highest BCUT2D eigenvalue weighted by molar-refractivity contribution is 9.10. The van der Waals surface area contributed by atoms with Crippen LogP contribution in [0.25, 0.3) is 0 Å². The minimum absolute atomic E-state index is 0.125. The summed E-state index contributed by atoms with van der Waals surface area (Å²) in [6, 6.07) is 7.30. The molecule has 0 spiro atoms. The lowest BCUT2D eigenvalue weighted by molar-refractivity contribution is -0.252. The number of alkyl halides is 3. The number of ether oxygens (including phenoxy) is 1. The zero-order valence-corrected chi connectivity index (χ0v) is 13.2. The fraction of sp³-hybridized carbons (Fsp3) is 0.462. The molecule has 2 unspecified atom stereocenters. The third-order valence-electron chi connectivity index (χ3n) is 3.47. The second kappa shape index (κ2) is 4.96. The number of benzene rings is 1. The van der Waals surface area contributed by atoms with Crippen LogP contribution in [0.4, 0.5) is 13.2 Å². The fourth-order valence-corrected chi connectivity index (χ4v) is 2.76. The van der Waals surface area contributed by atoms with Gasteiger partial charge in [0, 0.05) is 4.47 Å². The Kier molecular flexibility index (Phi) is 3.90. The van der Waals surface area contributed by atoms with Gasteiger partial charge in [-0.25, -0.2) is 0 Å². The van der Waals surface area contributed by atoms with Crippen molar-refractivity contribution in [1.29, 1.82) is 0 Å². The van der Waals surface area contributed by atoms with E-state index < -0.39 is 17.3 Å². The van der Waals surface area contributed by atoms with Crippen LogP contribution >= 0.6 is 28.1 Å². The van der Waals surface area contributed by atoms with Gasteiger partial charge in [-0.3, -0.25) is 0 Å². The number of thiocarbonyl (C=S) groups is 1. The van der Waals surface area contributed by atoms with Crippen LogP contribution in [0.1, 0.15) is 19.4 Å². The average Bonchev–Trinajstić information content (AvgIpc) is 2.33. The Morgan fingerprint density at radius 1 is 1.35 bits per heavy atom. The van der Waals surface area contributed by atoms with E-state index in [0.29, 0.717) is 0 Å². The first-order valence-electron chi connectivity index (χ1n) is 5.88. The molecule has 0 radical (unpaired) electrons. The zero-order chi connectivity index (χ0) is 15.2. The van der Waals surface area contributed by atoms with Crippen LogP contribution in [0.15, 0.2) is 28.7 Å². The predicted molar refractivity (Wildman–Crippen MR) is 77.6 cm³/mol. The summed E-state index contributed by atoms with van der Waals surface area (Å²) in [7, 11) is 0. The summed E-state index contributed by atoms with van der Waals surface area (Å²) in [6.07, 6.45) is -4.55. The van der Waals surface area contributed by atoms with Gasteiger partial charge in [0.1, 0.15) is 4.99 Å². The van der Waals surface area contributed by atoms with Gasteiger partial charge < -0.3 is 10.1 Å². The van der Waals surface area contributed by atoms with E-state index in [9.17, 15) is 13.2 Å². The Labute approximate surface area is 128 Å². The zero-order valence-electron chi connectivity index (χ0n) is 10.8. The first-order chi connectivity index (χ1) is 9.08. The van der Waals surface area contributed by atoms with Crippen LogP contribution in [0, 0.1) is 0 Å². The molecule has 0 aromatic heterocycles. The summed E-state index contributed by atoms with van der Waals surface area (Å²) in [4.78, 5) is -0.348. The molecule has 0 bridgehead atoms. The van der Waals surface area contributed by atoms with Crippen LogP contribution in [-0.4, -0.2) is 23.4 Å². The molecule has 1 saturated heterocycles. The number of halogens is 4. The molecular weight excluding hydrogens is 355 g/mol. The largest absolute Gasteiger partial charge is 0.423 e. The SMILES string of the molecule is CC1(c2cccc(Br)c2)COC(C)(C(F)(F)F)C(=S)N1. The maximum absolute atomic E-state index is 13.0. The van der Waals surface area contributed by atoms with Gasteiger partial charge in [0.05, 0.1) is 12.1 Å². The van der Waals surface area contributed by atoms with Crippen molar-refractivity contribution in [1.82, 2.24) is 5.32 Å². The molecule has 2 nitrogen and oxygen atoms in total. The highest BCUT2D eigenvalue weighted by Gasteiger charge is 2.59.